The first-order valence-corrected chi connectivity index (χ1v) is 4.68. The molecule has 1 aromatic rings. The van der Waals surface area contributed by atoms with Crippen molar-refractivity contribution in [3.63, 3.8) is 0 Å². The summed E-state index contributed by atoms with van der Waals surface area (Å²) >= 11 is 0. The summed E-state index contributed by atoms with van der Waals surface area (Å²) in [5.41, 5.74) is 0.658. The van der Waals surface area contributed by atoms with Crippen LogP contribution in [0.4, 0.5) is 0 Å². The van der Waals surface area contributed by atoms with Crippen LogP contribution in [0.2, 0.25) is 0 Å². The molecular formula is C8H8KO3S. The molecule has 65 valence electrons. The van der Waals surface area contributed by atoms with Gasteiger partial charge in [0.1, 0.15) is 0 Å². The summed E-state index contributed by atoms with van der Waals surface area (Å²) in [6.07, 6.45) is 1.51. The molecule has 0 saturated carbocycles. The van der Waals surface area contributed by atoms with Gasteiger partial charge in [0, 0.05) is 51.4 Å². The Hall–Kier alpha value is 0.506. The van der Waals surface area contributed by atoms with Gasteiger partial charge in [-0.25, -0.2) is 0 Å². The molecule has 1 N–H and O–H groups in total. The fraction of sp³-hybridized carbons (Fsp3) is 0. The summed E-state index contributed by atoms with van der Waals surface area (Å²) in [5, 5.41) is 0. The van der Waals surface area contributed by atoms with Gasteiger partial charge < -0.3 is 0 Å². The molecular weight excluding hydrogens is 215 g/mol. The molecule has 0 aliphatic rings. The summed E-state index contributed by atoms with van der Waals surface area (Å²) in [7, 11) is -4.08. The van der Waals surface area contributed by atoms with Crippen LogP contribution in [-0.2, 0) is 10.1 Å². The second kappa shape index (κ2) is 5.40. The minimum atomic E-state index is -4.08. The third-order valence-corrected chi connectivity index (χ3v) is 2.24. The monoisotopic (exact) mass is 223 g/mol. The smallest absolute Gasteiger partial charge is 0.282 e. The van der Waals surface area contributed by atoms with Crippen LogP contribution in [0.1, 0.15) is 5.56 Å². The van der Waals surface area contributed by atoms with Gasteiger partial charge >= 0.3 is 0 Å². The van der Waals surface area contributed by atoms with E-state index in [1.54, 1.807) is 12.1 Å². The molecule has 13 heavy (non-hydrogen) atoms. The molecule has 0 aromatic heterocycles. The van der Waals surface area contributed by atoms with Crippen LogP contribution in [0.3, 0.4) is 0 Å². The summed E-state index contributed by atoms with van der Waals surface area (Å²) in [4.78, 5) is -0.111. The minimum absolute atomic E-state index is 0. The third kappa shape index (κ3) is 4.03. The Bertz CT molecular complexity index is 398. The van der Waals surface area contributed by atoms with Gasteiger partial charge in [-0.3, -0.25) is 4.55 Å². The van der Waals surface area contributed by atoms with Crippen molar-refractivity contribution in [2.75, 3.05) is 0 Å². The topological polar surface area (TPSA) is 54.4 Å². The fourth-order valence-corrected chi connectivity index (χ4v) is 1.34. The first-order valence-electron chi connectivity index (χ1n) is 3.24. The van der Waals surface area contributed by atoms with Crippen LogP contribution < -0.4 is 0 Å². The van der Waals surface area contributed by atoms with Gasteiger partial charge in [0.25, 0.3) is 10.1 Å². The van der Waals surface area contributed by atoms with Gasteiger partial charge in [0.2, 0.25) is 0 Å². The summed E-state index contributed by atoms with van der Waals surface area (Å²) in [6, 6.07) is 5.91. The van der Waals surface area contributed by atoms with E-state index in [2.05, 4.69) is 6.58 Å². The van der Waals surface area contributed by atoms with E-state index >= 15 is 0 Å². The molecule has 3 nitrogen and oxygen atoms in total. The zero-order valence-electron chi connectivity index (χ0n) is 7.27. The first-order chi connectivity index (χ1) is 5.54. The van der Waals surface area contributed by atoms with E-state index < -0.39 is 10.1 Å². The van der Waals surface area contributed by atoms with Gasteiger partial charge in [-0.2, -0.15) is 8.42 Å². The van der Waals surface area contributed by atoms with Crippen molar-refractivity contribution >= 4 is 67.6 Å². The molecule has 0 unspecified atom stereocenters. The van der Waals surface area contributed by atoms with Crippen LogP contribution in [-0.4, -0.2) is 64.4 Å². The fourth-order valence-electron chi connectivity index (χ4n) is 0.802. The Morgan fingerprint density at radius 2 is 2.00 bits per heavy atom. The standard InChI is InChI=1S/C8H8O3S.K/c1-2-7-4-3-5-8(6-7)12(9,10)11;/h2-6H,1H2,(H,9,10,11);. The van der Waals surface area contributed by atoms with E-state index in [4.69, 9.17) is 4.55 Å². The van der Waals surface area contributed by atoms with Crippen LogP contribution >= 0.6 is 0 Å². The Kier molecular flexibility index (Phi) is 5.61. The van der Waals surface area contributed by atoms with E-state index in [1.165, 1.54) is 18.2 Å². The average molecular weight is 223 g/mol. The number of hydrogen-bond acceptors (Lipinski definition) is 2. The van der Waals surface area contributed by atoms with Crippen molar-refractivity contribution < 1.29 is 13.0 Å². The van der Waals surface area contributed by atoms with Crippen molar-refractivity contribution in [3.05, 3.63) is 36.4 Å². The Balaban J connectivity index is 0.00000144. The van der Waals surface area contributed by atoms with E-state index in [1.807, 2.05) is 0 Å². The van der Waals surface area contributed by atoms with Crippen molar-refractivity contribution in [2.45, 2.75) is 4.90 Å². The maximum absolute atomic E-state index is 10.6. The maximum Gasteiger partial charge on any atom is 0.294 e. The molecule has 1 radical (unpaired) electrons. The van der Waals surface area contributed by atoms with Crippen molar-refractivity contribution in [3.8, 4) is 0 Å². The van der Waals surface area contributed by atoms with E-state index in [0.29, 0.717) is 5.56 Å². The summed E-state index contributed by atoms with van der Waals surface area (Å²) in [5.74, 6) is 0. The first kappa shape index (κ1) is 13.5. The molecule has 0 amide bonds. The molecule has 0 heterocycles. The third-order valence-electron chi connectivity index (χ3n) is 1.39. The van der Waals surface area contributed by atoms with Crippen LogP contribution in [0.15, 0.2) is 35.7 Å². The molecule has 0 spiro atoms. The molecule has 0 aliphatic carbocycles. The summed E-state index contributed by atoms with van der Waals surface area (Å²) in [6.45, 7) is 3.48. The normalized spacial score (nSPS) is 10.2. The Morgan fingerprint density at radius 3 is 2.46 bits per heavy atom. The van der Waals surface area contributed by atoms with Crippen LogP contribution in [0.5, 0.6) is 0 Å². The zero-order valence-corrected chi connectivity index (χ0v) is 11.2. The predicted octanol–water partition coefficient (Wildman–Crippen LogP) is 1.20. The molecule has 0 saturated heterocycles. The Morgan fingerprint density at radius 1 is 1.38 bits per heavy atom. The molecule has 0 aliphatic heterocycles. The Labute approximate surface area is 120 Å². The van der Waals surface area contributed by atoms with Gasteiger partial charge in [0.15, 0.2) is 0 Å². The maximum atomic E-state index is 10.6. The van der Waals surface area contributed by atoms with Crippen LogP contribution in [0.25, 0.3) is 6.08 Å². The molecule has 1 aromatic carbocycles. The van der Waals surface area contributed by atoms with Crippen molar-refractivity contribution in [1.82, 2.24) is 0 Å². The van der Waals surface area contributed by atoms with E-state index in [0.717, 1.165) is 0 Å². The van der Waals surface area contributed by atoms with Crippen molar-refractivity contribution in [1.29, 1.82) is 0 Å². The molecule has 0 bridgehead atoms. The van der Waals surface area contributed by atoms with E-state index in [9.17, 15) is 8.42 Å². The molecule has 0 atom stereocenters. The molecule has 0 fully saturated rings. The summed E-state index contributed by atoms with van der Waals surface area (Å²) < 4.78 is 29.9. The number of rotatable bonds is 2. The zero-order chi connectivity index (χ0) is 9.19. The van der Waals surface area contributed by atoms with Gasteiger partial charge in [-0.05, 0) is 17.7 Å². The van der Waals surface area contributed by atoms with Crippen molar-refractivity contribution in [2.24, 2.45) is 0 Å². The number of benzene rings is 1. The van der Waals surface area contributed by atoms with Crippen LogP contribution in [0, 0.1) is 0 Å². The number of hydrogen-bond donors (Lipinski definition) is 1. The van der Waals surface area contributed by atoms with Gasteiger partial charge in [-0.15, -0.1) is 0 Å². The largest absolute Gasteiger partial charge is 0.294 e. The quantitative estimate of drug-likeness (QED) is 0.605. The van der Waals surface area contributed by atoms with E-state index in [-0.39, 0.29) is 56.3 Å². The second-order valence-electron chi connectivity index (χ2n) is 2.25. The average Bonchev–Trinajstić information content (AvgIpc) is 2.03. The van der Waals surface area contributed by atoms with Gasteiger partial charge in [0.05, 0.1) is 4.90 Å². The SMILES string of the molecule is C=Cc1cccc(S(=O)(=O)O)c1.[K]. The predicted molar refractivity (Wildman–Crippen MR) is 52.1 cm³/mol. The molecule has 5 heteroatoms. The second-order valence-corrected chi connectivity index (χ2v) is 3.67. The molecule has 1 rings (SSSR count). The minimum Gasteiger partial charge on any atom is -0.282 e. The van der Waals surface area contributed by atoms with Gasteiger partial charge in [-0.1, -0.05) is 24.8 Å².